The van der Waals surface area contributed by atoms with Gasteiger partial charge in [-0.05, 0) is 37.6 Å². The SMILES string of the molecule is CCS(=O)(=O)c1cc(N)cc(-c2cnc(NC(C)C)c(=O)n2CC(=O)NCc2ccc(C(=N)N)cc2)c1.O=C(O)C(F)(F)F.O=C(O)C(F)(F)F. The molecule has 15 nitrogen and oxygen atoms in total. The number of nitrogens with one attached hydrogen (secondary N) is 3. The van der Waals surface area contributed by atoms with E-state index in [0.717, 1.165) is 5.56 Å². The number of amidine groups is 1. The Kier molecular flexibility index (Phi) is 15.2. The maximum atomic E-state index is 13.3. The second-order valence-corrected chi connectivity index (χ2v) is 12.6. The maximum Gasteiger partial charge on any atom is 0.490 e. The van der Waals surface area contributed by atoms with Gasteiger partial charge < -0.3 is 32.3 Å². The molecule has 22 heteroatoms. The molecule has 0 saturated carbocycles. The molecule has 0 aliphatic carbocycles. The Morgan fingerprint density at radius 3 is 1.92 bits per heavy atom. The third kappa shape index (κ3) is 14.0. The Labute approximate surface area is 285 Å². The summed E-state index contributed by atoms with van der Waals surface area (Å²) >= 11 is 0. The standard InChI is InChI=1S/C25H31N7O4S.2C2HF3O2/c1-4-37(35,36)20-10-18(9-19(26)11-20)21-13-30-24(31-15(2)3)25(34)32(21)14-22(33)29-12-16-5-7-17(8-6-16)23(27)28;2*3-2(4,5)1(6)7/h5-11,13,15H,4,12,14,26H2,1-3H3,(H3,27,28)(H,29,33)(H,30,31);2*(H,6,7). The zero-order valence-corrected chi connectivity index (χ0v) is 27.7. The van der Waals surface area contributed by atoms with Crippen LogP contribution in [0.25, 0.3) is 11.3 Å². The molecule has 280 valence electrons. The van der Waals surface area contributed by atoms with Crippen LogP contribution < -0.4 is 27.7 Å². The van der Waals surface area contributed by atoms with Gasteiger partial charge in [-0.25, -0.2) is 23.0 Å². The lowest BCUT2D eigenvalue weighted by molar-refractivity contribution is -0.193. The highest BCUT2D eigenvalue weighted by Gasteiger charge is 2.38. The van der Waals surface area contributed by atoms with E-state index in [0.29, 0.717) is 11.1 Å². The van der Waals surface area contributed by atoms with Crippen molar-refractivity contribution in [1.82, 2.24) is 14.9 Å². The van der Waals surface area contributed by atoms with Crippen LogP contribution in [0, 0.1) is 5.41 Å². The van der Waals surface area contributed by atoms with Crippen LogP contribution >= 0.6 is 0 Å². The second kappa shape index (κ2) is 17.8. The van der Waals surface area contributed by atoms with Gasteiger partial charge in [0, 0.05) is 29.4 Å². The molecule has 51 heavy (non-hydrogen) atoms. The smallest absolute Gasteiger partial charge is 0.475 e. The van der Waals surface area contributed by atoms with Gasteiger partial charge >= 0.3 is 24.3 Å². The van der Waals surface area contributed by atoms with Gasteiger partial charge in [-0.2, -0.15) is 26.3 Å². The summed E-state index contributed by atoms with van der Waals surface area (Å²) in [6.07, 6.45) is -8.75. The number of halogens is 6. The van der Waals surface area contributed by atoms with Crippen molar-refractivity contribution in [3.05, 3.63) is 70.1 Å². The molecule has 9 N–H and O–H groups in total. The number of alkyl halides is 6. The van der Waals surface area contributed by atoms with Crippen molar-refractivity contribution in [2.75, 3.05) is 16.8 Å². The molecular weight excluding hydrogens is 720 g/mol. The van der Waals surface area contributed by atoms with Gasteiger partial charge in [0.05, 0.1) is 22.5 Å². The Hall–Kier alpha value is -5.67. The molecule has 0 aliphatic heterocycles. The molecule has 3 aromatic rings. The van der Waals surface area contributed by atoms with Crippen LogP contribution in [0.5, 0.6) is 0 Å². The molecule has 3 rings (SSSR count). The van der Waals surface area contributed by atoms with Crippen LogP contribution in [0.1, 0.15) is 31.9 Å². The van der Waals surface area contributed by atoms with E-state index in [1.54, 1.807) is 24.3 Å². The predicted molar refractivity (Wildman–Crippen MR) is 172 cm³/mol. The lowest BCUT2D eigenvalue weighted by Crippen LogP contribution is -2.35. The molecule has 1 amide bonds. The first kappa shape index (κ1) is 43.4. The highest BCUT2D eigenvalue weighted by atomic mass is 32.2. The molecule has 2 aromatic carbocycles. The molecule has 1 aromatic heterocycles. The average molecular weight is 754 g/mol. The van der Waals surface area contributed by atoms with E-state index >= 15 is 0 Å². The van der Waals surface area contributed by atoms with Crippen molar-refractivity contribution in [3.63, 3.8) is 0 Å². The molecule has 0 atom stereocenters. The number of nitrogens with two attached hydrogens (primary N) is 2. The number of amides is 1. The topological polar surface area (TPSA) is 261 Å². The highest BCUT2D eigenvalue weighted by molar-refractivity contribution is 7.91. The number of carbonyl (C=O) groups excluding carboxylic acids is 1. The lowest BCUT2D eigenvalue weighted by Gasteiger charge is -2.17. The summed E-state index contributed by atoms with van der Waals surface area (Å²) in [5.41, 5.74) is 13.1. The number of nitrogens with zero attached hydrogens (tertiary/aromatic N) is 2. The van der Waals surface area contributed by atoms with Gasteiger partial charge in [0.1, 0.15) is 12.4 Å². The summed E-state index contributed by atoms with van der Waals surface area (Å²) in [6.45, 7) is 5.09. The number of carboxylic acid groups (broad SMARTS) is 2. The fourth-order valence-electron chi connectivity index (χ4n) is 3.57. The van der Waals surface area contributed by atoms with E-state index in [9.17, 15) is 44.3 Å². The lowest BCUT2D eigenvalue weighted by atomic mass is 10.1. The fraction of sp³-hybridized carbons (Fsp3) is 0.310. The first-order valence-corrected chi connectivity index (χ1v) is 15.8. The van der Waals surface area contributed by atoms with Crippen LogP contribution in [-0.2, 0) is 37.3 Å². The van der Waals surface area contributed by atoms with E-state index < -0.39 is 45.6 Å². The number of anilines is 2. The number of nitrogen functional groups attached to an aromatic ring is 2. The van der Waals surface area contributed by atoms with Gasteiger partial charge in [0.25, 0.3) is 5.56 Å². The van der Waals surface area contributed by atoms with Crippen molar-refractivity contribution in [3.8, 4) is 11.3 Å². The van der Waals surface area contributed by atoms with E-state index in [4.69, 9.17) is 36.7 Å². The van der Waals surface area contributed by atoms with Gasteiger partial charge in [-0.15, -0.1) is 0 Å². The summed E-state index contributed by atoms with van der Waals surface area (Å²) in [4.78, 5) is 48.2. The molecule has 1 heterocycles. The molecule has 0 aliphatic rings. The molecule has 0 radical (unpaired) electrons. The summed E-state index contributed by atoms with van der Waals surface area (Å²) < 4.78 is 89.7. The number of hydrogen-bond donors (Lipinski definition) is 7. The molecule has 0 saturated heterocycles. The number of aromatic nitrogens is 2. The molecule has 0 spiro atoms. The zero-order valence-electron chi connectivity index (χ0n) is 26.9. The van der Waals surface area contributed by atoms with Crippen molar-refractivity contribution < 1.29 is 59.4 Å². The maximum absolute atomic E-state index is 13.3. The molecular formula is C29H33F6N7O8S. The average Bonchev–Trinajstić information content (AvgIpc) is 3.01. The second-order valence-electron chi connectivity index (χ2n) is 10.4. The summed E-state index contributed by atoms with van der Waals surface area (Å²) in [5.74, 6) is -6.06. The third-order valence-electron chi connectivity index (χ3n) is 5.98. The van der Waals surface area contributed by atoms with Gasteiger partial charge in [0.2, 0.25) is 5.91 Å². The Morgan fingerprint density at radius 2 is 1.49 bits per heavy atom. The van der Waals surface area contributed by atoms with Crippen LogP contribution in [0.4, 0.5) is 37.8 Å². The first-order chi connectivity index (χ1) is 23.3. The minimum atomic E-state index is -5.08. The van der Waals surface area contributed by atoms with Crippen molar-refractivity contribution in [2.45, 2.75) is 57.2 Å². The number of benzene rings is 2. The number of carboxylic acids is 2. The third-order valence-corrected chi connectivity index (χ3v) is 7.70. The minimum Gasteiger partial charge on any atom is -0.475 e. The van der Waals surface area contributed by atoms with Crippen LogP contribution in [-0.4, -0.2) is 76.0 Å². The van der Waals surface area contributed by atoms with Crippen molar-refractivity contribution >= 4 is 45.0 Å². The minimum absolute atomic E-state index is 0.0202. The Bertz CT molecular complexity index is 1870. The Balaban J connectivity index is 0.000000780. The van der Waals surface area contributed by atoms with Crippen LogP contribution in [0.2, 0.25) is 0 Å². The van der Waals surface area contributed by atoms with Gasteiger partial charge in [-0.3, -0.25) is 19.6 Å². The van der Waals surface area contributed by atoms with Gasteiger partial charge in [-0.1, -0.05) is 31.2 Å². The van der Waals surface area contributed by atoms with Gasteiger partial charge in [0.15, 0.2) is 15.7 Å². The number of aliphatic carboxylic acids is 2. The normalized spacial score (nSPS) is 11.3. The quantitative estimate of drug-likeness (QED) is 0.0682. The van der Waals surface area contributed by atoms with E-state index in [-0.39, 0.29) is 52.8 Å². The van der Waals surface area contributed by atoms with Crippen LogP contribution in [0.15, 0.2) is 58.4 Å². The van der Waals surface area contributed by atoms with E-state index in [1.165, 1.54) is 35.9 Å². The molecule has 0 bridgehead atoms. The molecule has 0 unspecified atom stereocenters. The fourth-order valence-corrected chi connectivity index (χ4v) is 4.52. The summed E-state index contributed by atoms with van der Waals surface area (Å²) in [7, 11) is -3.57. The van der Waals surface area contributed by atoms with Crippen molar-refractivity contribution in [2.24, 2.45) is 5.73 Å². The number of sulfone groups is 1. The number of carbonyl (C=O) groups is 3. The monoisotopic (exact) mass is 753 g/mol. The predicted octanol–water partition coefficient (Wildman–Crippen LogP) is 2.97. The van der Waals surface area contributed by atoms with E-state index in [2.05, 4.69) is 15.6 Å². The summed E-state index contributed by atoms with van der Waals surface area (Å²) in [6, 6.07) is 11.1. The highest BCUT2D eigenvalue weighted by Crippen LogP contribution is 2.26. The van der Waals surface area contributed by atoms with Crippen LogP contribution in [0.3, 0.4) is 0 Å². The van der Waals surface area contributed by atoms with Crippen molar-refractivity contribution in [1.29, 1.82) is 5.41 Å². The first-order valence-electron chi connectivity index (χ1n) is 14.1. The Morgan fingerprint density at radius 1 is 0.980 bits per heavy atom. The van der Waals surface area contributed by atoms with E-state index in [1.807, 2.05) is 13.8 Å². The largest absolute Gasteiger partial charge is 0.490 e. The summed E-state index contributed by atoms with van der Waals surface area (Å²) in [5, 5.41) is 27.5. The number of rotatable bonds is 10. The number of hydrogen-bond acceptors (Lipinski definition) is 10. The molecule has 0 fully saturated rings. The zero-order chi connectivity index (χ0) is 39.5.